The number of carbonyl (C=O) groups is 1. The maximum absolute atomic E-state index is 11.9. The second-order valence-electron chi connectivity index (χ2n) is 6.19. The molecule has 0 fully saturated rings. The van der Waals surface area contributed by atoms with Crippen LogP contribution in [0.2, 0.25) is 5.15 Å². The molecule has 0 bridgehead atoms. The van der Waals surface area contributed by atoms with Crippen molar-refractivity contribution in [3.05, 3.63) is 28.4 Å². The molecule has 7 nitrogen and oxygen atoms in total. The quantitative estimate of drug-likeness (QED) is 0.810. The van der Waals surface area contributed by atoms with Crippen molar-refractivity contribution in [3.63, 3.8) is 0 Å². The molecule has 0 radical (unpaired) electrons. The first-order valence-corrected chi connectivity index (χ1v) is 8.25. The summed E-state index contributed by atoms with van der Waals surface area (Å²) in [4.78, 5) is 20.4. The number of hydrogen-bond acceptors (Lipinski definition) is 5. The van der Waals surface area contributed by atoms with Crippen molar-refractivity contribution in [2.45, 2.75) is 46.6 Å². The molecule has 2 rings (SSSR count). The van der Waals surface area contributed by atoms with Gasteiger partial charge in [0.2, 0.25) is 5.82 Å². The lowest BCUT2D eigenvalue weighted by molar-refractivity contribution is 0.0953. The van der Waals surface area contributed by atoms with Gasteiger partial charge in [0.25, 0.3) is 5.91 Å². The van der Waals surface area contributed by atoms with Crippen LogP contribution in [0.15, 0.2) is 6.07 Å². The van der Waals surface area contributed by atoms with E-state index >= 15 is 0 Å². The van der Waals surface area contributed by atoms with Crippen LogP contribution in [0.3, 0.4) is 0 Å². The van der Waals surface area contributed by atoms with Crippen LogP contribution in [0.25, 0.3) is 5.69 Å². The second kappa shape index (κ2) is 7.17. The molecule has 1 amide bonds. The third-order valence-electron chi connectivity index (χ3n) is 3.36. The zero-order valence-electron chi connectivity index (χ0n) is 14.8. The van der Waals surface area contributed by atoms with E-state index in [9.17, 15) is 4.79 Å². The van der Waals surface area contributed by atoms with Gasteiger partial charge in [0, 0.05) is 18.8 Å². The fraction of sp³-hybridized carbons (Fsp3) is 0.500. The summed E-state index contributed by atoms with van der Waals surface area (Å²) in [7, 11) is 1.52. The van der Waals surface area contributed by atoms with Crippen LogP contribution in [0, 0.1) is 6.92 Å². The van der Waals surface area contributed by atoms with E-state index < -0.39 is 5.91 Å². The van der Waals surface area contributed by atoms with Gasteiger partial charge in [-0.15, -0.1) is 0 Å². The summed E-state index contributed by atoms with van der Waals surface area (Å²) in [5.41, 5.74) is 2.42. The molecule has 2 heterocycles. The summed E-state index contributed by atoms with van der Waals surface area (Å²) in [6.07, 6.45) is 0. The topological polar surface area (TPSA) is 84.7 Å². The number of nitrogens with one attached hydrogen (secondary N) is 2. The second-order valence-corrected chi connectivity index (χ2v) is 6.55. The van der Waals surface area contributed by atoms with E-state index in [-0.39, 0.29) is 22.9 Å². The average Bonchev–Trinajstić information content (AvgIpc) is 2.87. The maximum atomic E-state index is 11.9. The van der Waals surface area contributed by atoms with Crippen molar-refractivity contribution in [2.24, 2.45) is 0 Å². The Morgan fingerprint density at radius 3 is 2.46 bits per heavy atom. The fourth-order valence-corrected chi connectivity index (χ4v) is 2.56. The Kier molecular flexibility index (Phi) is 5.43. The van der Waals surface area contributed by atoms with Crippen LogP contribution in [-0.4, -0.2) is 38.7 Å². The molecule has 2 aromatic heterocycles. The van der Waals surface area contributed by atoms with Gasteiger partial charge in [0.1, 0.15) is 5.69 Å². The van der Waals surface area contributed by atoms with Gasteiger partial charge in [-0.3, -0.25) is 4.79 Å². The molecule has 0 aliphatic heterocycles. The minimum Gasteiger partial charge on any atom is -0.366 e. The van der Waals surface area contributed by atoms with Gasteiger partial charge in [-0.1, -0.05) is 25.4 Å². The van der Waals surface area contributed by atoms with Gasteiger partial charge in [-0.2, -0.15) is 5.10 Å². The number of halogens is 1. The number of anilines is 1. The first kappa shape index (κ1) is 18.2. The molecule has 24 heavy (non-hydrogen) atoms. The van der Waals surface area contributed by atoms with Crippen LogP contribution < -0.4 is 10.6 Å². The molecule has 8 heteroatoms. The summed E-state index contributed by atoms with van der Waals surface area (Å²) >= 11 is 6.41. The summed E-state index contributed by atoms with van der Waals surface area (Å²) in [5, 5.41) is 10.5. The molecular formula is C16H23ClN6O. The molecular weight excluding hydrogens is 328 g/mol. The lowest BCUT2D eigenvalue weighted by atomic mass is 10.1. The van der Waals surface area contributed by atoms with E-state index in [4.69, 9.17) is 11.6 Å². The van der Waals surface area contributed by atoms with E-state index in [0.717, 1.165) is 11.4 Å². The third kappa shape index (κ3) is 3.67. The Labute approximate surface area is 146 Å². The number of hydrogen-bond donors (Lipinski definition) is 2. The van der Waals surface area contributed by atoms with Crippen molar-refractivity contribution in [1.82, 2.24) is 25.1 Å². The predicted molar refractivity (Wildman–Crippen MR) is 95.1 cm³/mol. The summed E-state index contributed by atoms with van der Waals surface area (Å²) in [5.74, 6) is 0.349. The Hall–Kier alpha value is -2.15. The van der Waals surface area contributed by atoms with Gasteiger partial charge >= 0.3 is 0 Å². The van der Waals surface area contributed by atoms with Gasteiger partial charge in [0.05, 0.1) is 5.69 Å². The van der Waals surface area contributed by atoms with E-state index in [1.165, 1.54) is 7.05 Å². The summed E-state index contributed by atoms with van der Waals surface area (Å²) in [6.45, 7) is 10.0. The lowest BCUT2D eigenvalue weighted by Crippen LogP contribution is -2.24. The molecule has 0 saturated carbocycles. The molecule has 2 aromatic rings. The predicted octanol–water partition coefficient (Wildman–Crippen LogP) is 2.93. The van der Waals surface area contributed by atoms with E-state index in [2.05, 4.69) is 39.5 Å². The number of carbonyl (C=O) groups excluding carboxylic acids is 1. The van der Waals surface area contributed by atoms with Gasteiger partial charge in [0.15, 0.2) is 11.0 Å². The van der Waals surface area contributed by atoms with Crippen molar-refractivity contribution in [3.8, 4) is 5.69 Å². The lowest BCUT2D eigenvalue weighted by Gasteiger charge is -2.18. The van der Waals surface area contributed by atoms with Gasteiger partial charge < -0.3 is 10.6 Å². The highest BCUT2D eigenvalue weighted by Crippen LogP contribution is 2.30. The highest BCUT2D eigenvalue weighted by molar-refractivity contribution is 6.31. The Balaban J connectivity index is 2.71. The largest absolute Gasteiger partial charge is 0.366 e. The Morgan fingerprint density at radius 2 is 1.92 bits per heavy atom. The molecule has 0 aliphatic carbocycles. The molecule has 0 saturated heterocycles. The number of amides is 1. The smallest absolute Gasteiger partial charge is 0.288 e. The minimum absolute atomic E-state index is 0.0179. The molecule has 130 valence electrons. The third-order valence-corrected chi connectivity index (χ3v) is 3.62. The van der Waals surface area contributed by atoms with Crippen LogP contribution in [0.1, 0.15) is 55.6 Å². The summed E-state index contributed by atoms with van der Waals surface area (Å²) < 4.78 is 1.75. The fourth-order valence-electron chi connectivity index (χ4n) is 2.31. The normalized spacial score (nSPS) is 11.2. The molecule has 0 atom stereocenters. The van der Waals surface area contributed by atoms with Gasteiger partial charge in [-0.05, 0) is 32.8 Å². The van der Waals surface area contributed by atoms with Crippen molar-refractivity contribution in [2.75, 3.05) is 12.4 Å². The molecule has 0 aromatic carbocycles. The Bertz CT molecular complexity index is 753. The number of aromatic nitrogens is 4. The molecule has 0 unspecified atom stereocenters. The van der Waals surface area contributed by atoms with E-state index in [1.54, 1.807) is 4.68 Å². The van der Waals surface area contributed by atoms with Crippen molar-refractivity contribution in [1.29, 1.82) is 0 Å². The SMILES string of the molecule is CNC(=O)c1nc(Cl)c(-n2nc(C)cc2C(C)C)c(NC(C)C)n1. The monoisotopic (exact) mass is 350 g/mol. The minimum atomic E-state index is -0.393. The van der Waals surface area contributed by atoms with Crippen LogP contribution >= 0.6 is 11.6 Å². The highest BCUT2D eigenvalue weighted by atomic mass is 35.5. The number of nitrogens with zero attached hydrogens (tertiary/aromatic N) is 4. The van der Waals surface area contributed by atoms with Crippen LogP contribution in [0.4, 0.5) is 5.82 Å². The maximum Gasteiger partial charge on any atom is 0.288 e. The molecule has 0 spiro atoms. The van der Waals surface area contributed by atoms with Crippen molar-refractivity contribution >= 4 is 23.3 Å². The van der Waals surface area contributed by atoms with Crippen LogP contribution in [-0.2, 0) is 0 Å². The number of aryl methyl sites for hydroxylation is 1. The Morgan fingerprint density at radius 1 is 1.25 bits per heavy atom. The van der Waals surface area contributed by atoms with Crippen LogP contribution in [0.5, 0.6) is 0 Å². The first-order chi connectivity index (χ1) is 11.2. The average molecular weight is 351 g/mol. The zero-order chi connectivity index (χ0) is 18.0. The van der Waals surface area contributed by atoms with Gasteiger partial charge in [-0.25, -0.2) is 14.6 Å². The molecule has 2 N–H and O–H groups in total. The number of rotatable bonds is 5. The standard InChI is InChI=1S/C16H23ClN6O/c1-8(2)11-7-10(5)22-23(11)12-13(17)20-15(16(24)18-6)21-14(12)19-9(3)4/h7-9H,1-6H3,(H,18,24)(H,19,20,21). The molecule has 0 aliphatic rings. The summed E-state index contributed by atoms with van der Waals surface area (Å²) in [6, 6.07) is 2.11. The highest BCUT2D eigenvalue weighted by Gasteiger charge is 2.22. The first-order valence-electron chi connectivity index (χ1n) is 7.87. The van der Waals surface area contributed by atoms with Crippen molar-refractivity contribution < 1.29 is 4.79 Å². The van der Waals surface area contributed by atoms with E-state index in [0.29, 0.717) is 11.5 Å². The zero-order valence-corrected chi connectivity index (χ0v) is 15.6. The van der Waals surface area contributed by atoms with E-state index in [1.807, 2.05) is 26.8 Å².